The van der Waals surface area contributed by atoms with E-state index in [0.717, 1.165) is 5.56 Å². The molecule has 0 aliphatic rings. The zero-order valence-corrected chi connectivity index (χ0v) is 12.8. The zero-order valence-electron chi connectivity index (χ0n) is 12.8. The molecule has 1 atom stereocenters. The van der Waals surface area contributed by atoms with E-state index >= 15 is 0 Å². The fourth-order valence-corrected chi connectivity index (χ4v) is 2.20. The maximum absolute atomic E-state index is 12.2. The summed E-state index contributed by atoms with van der Waals surface area (Å²) in [6, 6.07) is 12.7. The van der Waals surface area contributed by atoms with Crippen LogP contribution < -0.4 is 15.8 Å². The Bertz CT molecular complexity index is 695. The van der Waals surface area contributed by atoms with Gasteiger partial charge in [-0.05, 0) is 35.4 Å². The summed E-state index contributed by atoms with van der Waals surface area (Å²) in [5, 5.41) is 13.2. The summed E-state index contributed by atoms with van der Waals surface area (Å²) < 4.78 is 28.7. The quantitative estimate of drug-likeness (QED) is 0.690. The number of hydrogen-bond donors (Lipinski definition) is 3. The Balaban J connectivity index is 1.90. The SMILES string of the molecule is NC(=O)c1cccc(CNCC(O)c2cccc(OC(F)F)c2)c1. The second-order valence-corrected chi connectivity index (χ2v) is 5.16. The summed E-state index contributed by atoms with van der Waals surface area (Å²) in [5.41, 5.74) is 6.93. The van der Waals surface area contributed by atoms with Gasteiger partial charge in [-0.3, -0.25) is 4.79 Å². The van der Waals surface area contributed by atoms with Crippen LogP contribution in [-0.4, -0.2) is 24.2 Å². The van der Waals surface area contributed by atoms with E-state index in [2.05, 4.69) is 10.1 Å². The minimum atomic E-state index is -2.91. The van der Waals surface area contributed by atoms with E-state index in [4.69, 9.17) is 5.73 Å². The van der Waals surface area contributed by atoms with Crippen molar-refractivity contribution >= 4 is 5.91 Å². The fourth-order valence-electron chi connectivity index (χ4n) is 2.20. The number of aliphatic hydroxyl groups is 1. The number of carbonyl (C=O) groups excluding carboxylic acids is 1. The first kappa shape index (κ1) is 17.8. The summed E-state index contributed by atoms with van der Waals surface area (Å²) in [5.74, 6) is -0.511. The van der Waals surface area contributed by atoms with E-state index in [-0.39, 0.29) is 12.3 Å². The number of nitrogens with one attached hydrogen (secondary N) is 1. The Morgan fingerprint density at radius 2 is 1.96 bits per heavy atom. The second kappa shape index (κ2) is 8.37. The van der Waals surface area contributed by atoms with Crippen LogP contribution in [0.2, 0.25) is 0 Å². The molecule has 0 bridgehead atoms. The number of carbonyl (C=O) groups is 1. The van der Waals surface area contributed by atoms with Gasteiger partial charge in [0.1, 0.15) is 5.75 Å². The van der Waals surface area contributed by atoms with Gasteiger partial charge < -0.3 is 20.9 Å². The molecule has 0 aliphatic carbocycles. The molecule has 2 rings (SSSR count). The van der Waals surface area contributed by atoms with Gasteiger partial charge in [-0.15, -0.1) is 0 Å². The van der Waals surface area contributed by atoms with E-state index in [1.165, 1.54) is 18.2 Å². The summed E-state index contributed by atoms with van der Waals surface area (Å²) in [4.78, 5) is 11.1. The molecule has 0 aromatic heterocycles. The average Bonchev–Trinajstić information content (AvgIpc) is 2.54. The number of amides is 1. The van der Waals surface area contributed by atoms with Crippen molar-refractivity contribution in [1.82, 2.24) is 5.32 Å². The maximum atomic E-state index is 12.2. The van der Waals surface area contributed by atoms with Gasteiger partial charge in [0.2, 0.25) is 5.91 Å². The molecule has 0 radical (unpaired) electrons. The molecule has 0 saturated heterocycles. The van der Waals surface area contributed by atoms with Crippen LogP contribution in [0.1, 0.15) is 27.6 Å². The van der Waals surface area contributed by atoms with Gasteiger partial charge in [0.05, 0.1) is 6.10 Å². The predicted molar refractivity (Wildman–Crippen MR) is 84.7 cm³/mol. The first-order valence-corrected chi connectivity index (χ1v) is 7.28. The highest BCUT2D eigenvalue weighted by atomic mass is 19.3. The lowest BCUT2D eigenvalue weighted by molar-refractivity contribution is -0.0499. The Morgan fingerprint density at radius 3 is 2.67 bits per heavy atom. The van der Waals surface area contributed by atoms with Crippen molar-refractivity contribution < 1.29 is 23.4 Å². The van der Waals surface area contributed by atoms with E-state index < -0.39 is 18.6 Å². The van der Waals surface area contributed by atoms with Gasteiger partial charge in [0, 0.05) is 18.7 Å². The van der Waals surface area contributed by atoms with Crippen molar-refractivity contribution in [1.29, 1.82) is 0 Å². The lowest BCUT2D eigenvalue weighted by Gasteiger charge is -2.14. The lowest BCUT2D eigenvalue weighted by atomic mass is 10.1. The molecule has 128 valence electrons. The van der Waals surface area contributed by atoms with Crippen LogP contribution in [0.15, 0.2) is 48.5 Å². The third kappa shape index (κ3) is 5.29. The van der Waals surface area contributed by atoms with E-state index in [1.807, 2.05) is 6.07 Å². The molecular weight excluding hydrogens is 318 g/mol. The number of alkyl halides is 2. The van der Waals surface area contributed by atoms with Crippen LogP contribution in [-0.2, 0) is 6.54 Å². The highest BCUT2D eigenvalue weighted by Crippen LogP contribution is 2.20. The smallest absolute Gasteiger partial charge is 0.387 e. The first-order chi connectivity index (χ1) is 11.5. The van der Waals surface area contributed by atoms with Crippen molar-refractivity contribution in [2.24, 2.45) is 5.73 Å². The molecule has 4 N–H and O–H groups in total. The van der Waals surface area contributed by atoms with Crippen molar-refractivity contribution in [3.05, 3.63) is 65.2 Å². The molecule has 2 aromatic carbocycles. The van der Waals surface area contributed by atoms with Crippen LogP contribution in [0.5, 0.6) is 5.75 Å². The second-order valence-electron chi connectivity index (χ2n) is 5.16. The van der Waals surface area contributed by atoms with Gasteiger partial charge in [-0.25, -0.2) is 0 Å². The molecule has 24 heavy (non-hydrogen) atoms. The van der Waals surface area contributed by atoms with E-state index in [9.17, 15) is 18.7 Å². The predicted octanol–water partition coefficient (Wildman–Crippen LogP) is 2.21. The summed E-state index contributed by atoms with van der Waals surface area (Å²) >= 11 is 0. The summed E-state index contributed by atoms with van der Waals surface area (Å²) in [6.45, 7) is -2.28. The summed E-state index contributed by atoms with van der Waals surface area (Å²) in [7, 11) is 0. The third-order valence-electron chi connectivity index (χ3n) is 3.35. The zero-order chi connectivity index (χ0) is 17.5. The van der Waals surface area contributed by atoms with E-state index in [1.54, 1.807) is 24.3 Å². The van der Waals surface area contributed by atoms with Gasteiger partial charge in [0.25, 0.3) is 0 Å². The molecule has 0 saturated carbocycles. The van der Waals surface area contributed by atoms with Crippen LogP contribution in [0.25, 0.3) is 0 Å². The van der Waals surface area contributed by atoms with Gasteiger partial charge in [0.15, 0.2) is 0 Å². The van der Waals surface area contributed by atoms with Gasteiger partial charge in [-0.1, -0.05) is 24.3 Å². The molecule has 0 aliphatic heterocycles. The number of ether oxygens (including phenoxy) is 1. The monoisotopic (exact) mass is 336 g/mol. The topological polar surface area (TPSA) is 84.6 Å². The molecule has 7 heteroatoms. The Hall–Kier alpha value is -2.51. The molecule has 1 unspecified atom stereocenters. The molecule has 0 fully saturated rings. The Labute approximate surface area is 138 Å². The number of benzene rings is 2. The standard InChI is InChI=1S/C17H18F2N2O3/c18-17(19)24-14-6-2-4-12(8-14)15(22)10-21-9-11-3-1-5-13(7-11)16(20)23/h1-8,15,17,21-22H,9-10H2,(H2,20,23). The normalized spacial score (nSPS) is 12.2. The number of halogens is 2. The van der Waals surface area contributed by atoms with Crippen molar-refractivity contribution in [2.45, 2.75) is 19.3 Å². The third-order valence-corrected chi connectivity index (χ3v) is 3.35. The number of primary amides is 1. The number of nitrogens with two attached hydrogens (primary N) is 1. The molecule has 0 heterocycles. The van der Waals surface area contributed by atoms with Gasteiger partial charge in [-0.2, -0.15) is 8.78 Å². The largest absolute Gasteiger partial charge is 0.435 e. The highest BCUT2D eigenvalue weighted by molar-refractivity contribution is 5.92. The molecule has 2 aromatic rings. The highest BCUT2D eigenvalue weighted by Gasteiger charge is 2.10. The number of aliphatic hydroxyl groups excluding tert-OH is 1. The summed E-state index contributed by atoms with van der Waals surface area (Å²) in [6.07, 6.45) is -0.884. The Morgan fingerprint density at radius 1 is 1.21 bits per heavy atom. The van der Waals surface area contributed by atoms with E-state index in [0.29, 0.717) is 17.7 Å². The van der Waals surface area contributed by atoms with Crippen molar-refractivity contribution in [3.8, 4) is 5.75 Å². The fraction of sp³-hybridized carbons (Fsp3) is 0.235. The van der Waals surface area contributed by atoms with Crippen LogP contribution in [0.4, 0.5) is 8.78 Å². The van der Waals surface area contributed by atoms with Crippen molar-refractivity contribution in [2.75, 3.05) is 6.54 Å². The van der Waals surface area contributed by atoms with Gasteiger partial charge >= 0.3 is 6.61 Å². The van der Waals surface area contributed by atoms with Crippen LogP contribution >= 0.6 is 0 Å². The average molecular weight is 336 g/mol. The minimum absolute atomic E-state index is 0.00397. The minimum Gasteiger partial charge on any atom is -0.435 e. The number of rotatable bonds is 8. The molecule has 5 nitrogen and oxygen atoms in total. The van der Waals surface area contributed by atoms with Crippen LogP contribution in [0, 0.1) is 0 Å². The molecular formula is C17H18F2N2O3. The molecule has 1 amide bonds. The molecule has 0 spiro atoms. The number of hydrogen-bond acceptors (Lipinski definition) is 4. The van der Waals surface area contributed by atoms with Crippen LogP contribution in [0.3, 0.4) is 0 Å². The first-order valence-electron chi connectivity index (χ1n) is 7.28. The maximum Gasteiger partial charge on any atom is 0.387 e. The Kier molecular flexibility index (Phi) is 6.22. The van der Waals surface area contributed by atoms with Crippen molar-refractivity contribution in [3.63, 3.8) is 0 Å². The lowest BCUT2D eigenvalue weighted by Crippen LogP contribution is -2.21.